The molecule has 3 heteroatoms. The van der Waals surface area contributed by atoms with Crippen molar-refractivity contribution >= 4 is 0 Å². The third-order valence-electron chi connectivity index (χ3n) is 2.24. The van der Waals surface area contributed by atoms with Crippen LogP contribution in [-0.4, -0.2) is 36.9 Å². The zero-order chi connectivity index (χ0) is 8.10. The summed E-state index contributed by atoms with van der Waals surface area (Å²) < 4.78 is 0. The van der Waals surface area contributed by atoms with Gasteiger partial charge >= 0.3 is 0 Å². The van der Waals surface area contributed by atoms with Gasteiger partial charge in [-0.05, 0) is 19.4 Å². The zero-order valence-corrected chi connectivity index (χ0v) is 7.14. The maximum Gasteiger partial charge on any atom is 0.0584 e. The first-order valence-corrected chi connectivity index (χ1v) is 4.44. The summed E-state index contributed by atoms with van der Waals surface area (Å²) in [6.45, 7) is 4.51. The molecule has 0 bridgehead atoms. The van der Waals surface area contributed by atoms with E-state index in [-0.39, 0.29) is 6.61 Å². The van der Waals surface area contributed by atoms with E-state index in [1.165, 1.54) is 6.42 Å². The van der Waals surface area contributed by atoms with Gasteiger partial charge in [-0.15, -0.1) is 0 Å². The molecule has 0 aromatic carbocycles. The maximum atomic E-state index is 8.90. The van der Waals surface area contributed by atoms with Gasteiger partial charge in [0.2, 0.25) is 0 Å². The summed E-state index contributed by atoms with van der Waals surface area (Å²) in [4.78, 5) is 0. The van der Waals surface area contributed by atoms with E-state index in [0.29, 0.717) is 12.1 Å². The van der Waals surface area contributed by atoms with E-state index in [0.717, 1.165) is 19.5 Å². The second-order valence-electron chi connectivity index (χ2n) is 3.14. The summed E-state index contributed by atoms with van der Waals surface area (Å²) in [6.07, 6.45) is 2.20. The number of rotatable bonds is 4. The normalized spacial score (nSPS) is 27.3. The van der Waals surface area contributed by atoms with Gasteiger partial charge in [0.05, 0.1) is 6.61 Å². The Bertz CT molecular complexity index is 98.3. The lowest BCUT2D eigenvalue weighted by molar-refractivity contribution is 0.229. The molecule has 1 heterocycles. The van der Waals surface area contributed by atoms with Crippen molar-refractivity contribution < 1.29 is 5.11 Å². The van der Waals surface area contributed by atoms with Crippen molar-refractivity contribution in [1.82, 2.24) is 10.6 Å². The molecule has 0 aromatic rings. The molecule has 0 amide bonds. The van der Waals surface area contributed by atoms with E-state index in [9.17, 15) is 0 Å². The Balaban J connectivity index is 2.16. The van der Waals surface area contributed by atoms with E-state index in [4.69, 9.17) is 5.11 Å². The van der Waals surface area contributed by atoms with Crippen LogP contribution in [0.3, 0.4) is 0 Å². The molecule has 66 valence electrons. The molecule has 11 heavy (non-hydrogen) atoms. The summed E-state index contributed by atoms with van der Waals surface area (Å²) in [5.74, 6) is 0. The lowest BCUT2D eigenvalue weighted by atomic mass is 10.2. The first-order chi connectivity index (χ1) is 5.36. The average molecular weight is 158 g/mol. The molecule has 0 spiro atoms. The Morgan fingerprint density at radius 3 is 3.00 bits per heavy atom. The predicted octanol–water partition coefficient (Wildman–Crippen LogP) is -0.291. The molecule has 1 aliphatic heterocycles. The van der Waals surface area contributed by atoms with Crippen LogP contribution in [0.25, 0.3) is 0 Å². The highest BCUT2D eigenvalue weighted by Crippen LogP contribution is 2.00. The van der Waals surface area contributed by atoms with Gasteiger partial charge in [-0.3, -0.25) is 0 Å². The summed E-state index contributed by atoms with van der Waals surface area (Å²) in [5.41, 5.74) is 0. The monoisotopic (exact) mass is 158 g/mol. The molecule has 0 aromatic heterocycles. The van der Waals surface area contributed by atoms with Crippen LogP contribution in [0.2, 0.25) is 0 Å². The molecule has 2 atom stereocenters. The molecule has 1 aliphatic rings. The van der Waals surface area contributed by atoms with Gasteiger partial charge in [0.25, 0.3) is 0 Å². The van der Waals surface area contributed by atoms with Crippen LogP contribution in [-0.2, 0) is 0 Å². The Labute approximate surface area is 68.2 Å². The number of nitrogens with one attached hydrogen (secondary N) is 2. The smallest absolute Gasteiger partial charge is 0.0584 e. The summed E-state index contributed by atoms with van der Waals surface area (Å²) in [7, 11) is 0. The first-order valence-electron chi connectivity index (χ1n) is 4.44. The van der Waals surface area contributed by atoms with Gasteiger partial charge in [-0.25, -0.2) is 0 Å². The number of aliphatic hydroxyl groups excluding tert-OH is 1. The Morgan fingerprint density at radius 1 is 1.73 bits per heavy atom. The highest BCUT2D eigenvalue weighted by atomic mass is 16.3. The molecular weight excluding hydrogens is 140 g/mol. The van der Waals surface area contributed by atoms with Crippen molar-refractivity contribution in [3.8, 4) is 0 Å². The third kappa shape index (κ3) is 2.77. The van der Waals surface area contributed by atoms with Crippen molar-refractivity contribution in [2.24, 2.45) is 0 Å². The second-order valence-corrected chi connectivity index (χ2v) is 3.14. The molecule has 1 rings (SSSR count). The first kappa shape index (κ1) is 8.97. The van der Waals surface area contributed by atoms with Gasteiger partial charge in [-0.1, -0.05) is 6.92 Å². The van der Waals surface area contributed by atoms with Crippen molar-refractivity contribution in [3.63, 3.8) is 0 Å². The molecule has 0 radical (unpaired) electrons. The predicted molar refractivity (Wildman–Crippen MR) is 45.6 cm³/mol. The largest absolute Gasteiger partial charge is 0.395 e. The molecule has 0 saturated carbocycles. The lowest BCUT2D eigenvalue weighted by Gasteiger charge is -2.18. The molecular formula is C8H18N2O. The summed E-state index contributed by atoms with van der Waals surface area (Å²) >= 11 is 0. The van der Waals surface area contributed by atoms with Crippen LogP contribution in [0, 0.1) is 0 Å². The number of aliphatic hydroxyl groups is 1. The van der Waals surface area contributed by atoms with E-state index < -0.39 is 0 Å². The molecule has 3 N–H and O–H groups in total. The van der Waals surface area contributed by atoms with Crippen molar-refractivity contribution in [1.29, 1.82) is 0 Å². The maximum absolute atomic E-state index is 8.90. The van der Waals surface area contributed by atoms with E-state index in [2.05, 4.69) is 17.6 Å². The fraction of sp³-hybridized carbons (Fsp3) is 1.00. The average Bonchev–Trinajstić information content (AvgIpc) is 2.52. The highest BCUT2D eigenvalue weighted by Gasteiger charge is 2.16. The van der Waals surface area contributed by atoms with Gasteiger partial charge in [0.15, 0.2) is 0 Å². The zero-order valence-electron chi connectivity index (χ0n) is 7.14. The Hall–Kier alpha value is -0.120. The Kier molecular flexibility index (Phi) is 3.83. The van der Waals surface area contributed by atoms with Crippen molar-refractivity contribution in [3.05, 3.63) is 0 Å². The number of hydrogen-bond donors (Lipinski definition) is 3. The van der Waals surface area contributed by atoms with Crippen molar-refractivity contribution in [2.45, 2.75) is 31.8 Å². The van der Waals surface area contributed by atoms with Crippen LogP contribution in [0.15, 0.2) is 0 Å². The Morgan fingerprint density at radius 2 is 2.55 bits per heavy atom. The summed E-state index contributed by atoms with van der Waals surface area (Å²) in [6, 6.07) is 0.868. The molecule has 1 saturated heterocycles. The molecule has 1 unspecified atom stereocenters. The molecule has 0 aliphatic carbocycles. The van der Waals surface area contributed by atoms with Gasteiger partial charge < -0.3 is 15.7 Å². The highest BCUT2D eigenvalue weighted by molar-refractivity contribution is 4.80. The van der Waals surface area contributed by atoms with Crippen LogP contribution in [0.4, 0.5) is 0 Å². The van der Waals surface area contributed by atoms with Crippen LogP contribution < -0.4 is 10.6 Å². The molecule has 3 nitrogen and oxygen atoms in total. The van der Waals surface area contributed by atoms with Crippen LogP contribution in [0.1, 0.15) is 19.8 Å². The lowest BCUT2D eigenvalue weighted by Crippen LogP contribution is -2.41. The minimum atomic E-state index is 0.257. The van der Waals surface area contributed by atoms with Crippen LogP contribution in [0.5, 0.6) is 0 Å². The van der Waals surface area contributed by atoms with Crippen molar-refractivity contribution in [2.75, 3.05) is 19.7 Å². The minimum absolute atomic E-state index is 0.257. The van der Waals surface area contributed by atoms with Gasteiger partial charge in [0, 0.05) is 18.6 Å². The molecule has 1 fully saturated rings. The summed E-state index contributed by atoms with van der Waals surface area (Å²) in [5, 5.41) is 15.6. The second kappa shape index (κ2) is 4.70. The minimum Gasteiger partial charge on any atom is -0.395 e. The third-order valence-corrected chi connectivity index (χ3v) is 2.24. The van der Waals surface area contributed by atoms with E-state index in [1.54, 1.807) is 0 Å². The van der Waals surface area contributed by atoms with E-state index >= 15 is 0 Å². The fourth-order valence-electron chi connectivity index (χ4n) is 1.43. The van der Waals surface area contributed by atoms with Crippen LogP contribution >= 0.6 is 0 Å². The van der Waals surface area contributed by atoms with Gasteiger partial charge in [-0.2, -0.15) is 0 Å². The fourth-order valence-corrected chi connectivity index (χ4v) is 1.43. The van der Waals surface area contributed by atoms with E-state index in [1.807, 2.05) is 0 Å². The van der Waals surface area contributed by atoms with Gasteiger partial charge in [0.1, 0.15) is 0 Å². The topological polar surface area (TPSA) is 44.3 Å². The quantitative estimate of drug-likeness (QED) is 0.527. The standard InChI is InChI=1S/C8H18N2O/c1-2-7(6-11)10-8-3-4-9-5-8/h7-11H,2-6H2,1H3/t7-,8?/m1/s1. The number of hydrogen-bond acceptors (Lipinski definition) is 3. The SMILES string of the molecule is CC[C@H](CO)NC1CCNC1.